The van der Waals surface area contributed by atoms with Crippen molar-refractivity contribution < 1.29 is 26.9 Å². The molecule has 6 nitrogen and oxygen atoms in total. The fourth-order valence-electron chi connectivity index (χ4n) is 1.91. The van der Waals surface area contributed by atoms with Crippen molar-refractivity contribution in [1.29, 1.82) is 0 Å². The van der Waals surface area contributed by atoms with Gasteiger partial charge in [0.05, 0.1) is 18.1 Å². The highest BCUT2D eigenvalue weighted by Gasteiger charge is 2.28. The molecule has 0 spiro atoms. The van der Waals surface area contributed by atoms with Crippen LogP contribution < -0.4 is 0 Å². The summed E-state index contributed by atoms with van der Waals surface area (Å²) >= 11 is 0. The molecular formula is C13H16O6S. The van der Waals surface area contributed by atoms with Gasteiger partial charge in [-0.1, -0.05) is 17.7 Å². The molecule has 0 saturated carbocycles. The largest absolute Gasteiger partial charge is 0.363 e. The monoisotopic (exact) mass is 300 g/mol. The summed E-state index contributed by atoms with van der Waals surface area (Å²) in [6.45, 7) is 3.45. The van der Waals surface area contributed by atoms with E-state index < -0.39 is 22.5 Å². The van der Waals surface area contributed by atoms with Gasteiger partial charge in [-0.25, -0.2) is 4.18 Å². The number of hydrogen-bond donors (Lipinski definition) is 0. The minimum atomic E-state index is -3.92. The van der Waals surface area contributed by atoms with Crippen molar-refractivity contribution in [2.24, 2.45) is 0 Å². The molecule has 0 aliphatic carbocycles. The van der Waals surface area contributed by atoms with E-state index in [2.05, 4.69) is 0 Å². The predicted molar refractivity (Wildman–Crippen MR) is 69.7 cm³/mol. The average molecular weight is 300 g/mol. The molecule has 2 rings (SSSR count). The summed E-state index contributed by atoms with van der Waals surface area (Å²) in [5.41, 5.74) is 1.57. The Morgan fingerprint density at radius 3 is 2.55 bits per heavy atom. The van der Waals surface area contributed by atoms with Crippen LogP contribution in [-0.4, -0.2) is 40.3 Å². The highest BCUT2D eigenvalue weighted by molar-refractivity contribution is 7.86. The summed E-state index contributed by atoms with van der Waals surface area (Å²) in [7, 11) is -3.92. The molecule has 1 aliphatic rings. The molecule has 1 aromatic rings. The van der Waals surface area contributed by atoms with Crippen molar-refractivity contribution in [1.82, 2.24) is 0 Å². The minimum absolute atomic E-state index is 0.0173. The Kier molecular flexibility index (Phi) is 4.54. The zero-order valence-electron chi connectivity index (χ0n) is 11.2. The molecule has 0 bridgehead atoms. The van der Waals surface area contributed by atoms with Gasteiger partial charge in [-0.3, -0.25) is 0 Å². The molecule has 0 aromatic heterocycles. The molecule has 1 saturated heterocycles. The third-order valence-electron chi connectivity index (χ3n) is 2.88. The zero-order valence-corrected chi connectivity index (χ0v) is 12.1. The predicted octanol–water partition coefficient (Wildman–Crippen LogP) is 0.949. The highest BCUT2D eigenvalue weighted by atomic mass is 32.2. The average Bonchev–Trinajstić information content (AvgIpc) is 2.38. The summed E-state index contributed by atoms with van der Waals surface area (Å²) in [6.07, 6.45) is -1.09. The smallest absolute Gasteiger partial charge is 0.299 e. The number of ether oxygens (including phenoxy) is 2. The molecule has 7 heteroatoms. The van der Waals surface area contributed by atoms with Gasteiger partial charge in [-0.15, -0.1) is 0 Å². The van der Waals surface area contributed by atoms with Crippen LogP contribution in [-0.2, 0) is 28.6 Å². The number of aldehydes is 1. The fraction of sp³-hybridized carbons (Fsp3) is 0.462. The lowest BCUT2D eigenvalue weighted by molar-refractivity contribution is -0.194. The number of aryl methyl sites for hydroxylation is 2. The van der Waals surface area contributed by atoms with E-state index >= 15 is 0 Å². The number of benzene rings is 1. The molecule has 0 radical (unpaired) electrons. The van der Waals surface area contributed by atoms with Crippen molar-refractivity contribution in [3.05, 3.63) is 29.3 Å². The second-order valence-corrected chi connectivity index (χ2v) is 6.13. The third kappa shape index (κ3) is 3.43. The van der Waals surface area contributed by atoms with E-state index in [0.717, 1.165) is 5.56 Å². The Balaban J connectivity index is 2.10. The molecule has 110 valence electrons. The molecule has 0 amide bonds. The first-order valence-corrected chi connectivity index (χ1v) is 7.52. The van der Waals surface area contributed by atoms with Crippen LogP contribution in [0, 0.1) is 13.8 Å². The Morgan fingerprint density at radius 1 is 1.25 bits per heavy atom. The molecule has 0 N–H and O–H groups in total. The van der Waals surface area contributed by atoms with Gasteiger partial charge in [0.15, 0.2) is 12.6 Å². The minimum Gasteiger partial charge on any atom is -0.363 e. The summed E-state index contributed by atoms with van der Waals surface area (Å²) in [6, 6.07) is 4.96. The molecule has 20 heavy (non-hydrogen) atoms. The lowest BCUT2D eigenvalue weighted by atomic mass is 10.2. The Morgan fingerprint density at radius 2 is 2.00 bits per heavy atom. The fourth-order valence-corrected chi connectivity index (χ4v) is 3.09. The first-order valence-electron chi connectivity index (χ1n) is 6.11. The number of hydrogen-bond acceptors (Lipinski definition) is 6. The summed E-state index contributed by atoms with van der Waals surface area (Å²) in [4.78, 5) is 10.6. The molecule has 1 aromatic carbocycles. The summed E-state index contributed by atoms with van der Waals surface area (Å²) < 4.78 is 39.5. The Labute approximate surface area is 117 Å². The quantitative estimate of drug-likeness (QED) is 0.608. The van der Waals surface area contributed by atoms with Crippen LogP contribution in [0.4, 0.5) is 0 Å². The van der Waals surface area contributed by atoms with Crippen molar-refractivity contribution in [2.45, 2.75) is 31.1 Å². The zero-order chi connectivity index (χ0) is 14.8. The van der Waals surface area contributed by atoms with Gasteiger partial charge >= 0.3 is 0 Å². The topological polar surface area (TPSA) is 78.9 Å². The van der Waals surface area contributed by atoms with Crippen molar-refractivity contribution in [3.63, 3.8) is 0 Å². The first-order chi connectivity index (χ1) is 9.42. The van der Waals surface area contributed by atoms with Crippen LogP contribution in [0.2, 0.25) is 0 Å². The van der Waals surface area contributed by atoms with Gasteiger partial charge in [0, 0.05) is 0 Å². The van der Waals surface area contributed by atoms with E-state index in [4.69, 9.17) is 13.7 Å². The maximum absolute atomic E-state index is 12.2. The SMILES string of the molecule is Cc1ccc(S(=O)(=O)O[C@H]2CO[C@@H](C=O)CO2)c(C)c1. The van der Waals surface area contributed by atoms with Gasteiger partial charge in [0.2, 0.25) is 0 Å². The third-order valence-corrected chi connectivity index (χ3v) is 4.34. The molecule has 1 fully saturated rings. The van der Waals surface area contributed by atoms with Gasteiger partial charge in [-0.2, -0.15) is 8.42 Å². The lowest BCUT2D eigenvalue weighted by Crippen LogP contribution is -2.39. The van der Waals surface area contributed by atoms with Gasteiger partial charge in [0.25, 0.3) is 10.1 Å². The molecular weight excluding hydrogens is 284 g/mol. The van der Waals surface area contributed by atoms with E-state index in [1.165, 1.54) is 6.07 Å². The Bertz CT molecular complexity index is 587. The molecule has 1 aliphatic heterocycles. The van der Waals surface area contributed by atoms with Crippen LogP contribution in [0.5, 0.6) is 0 Å². The molecule has 0 unspecified atom stereocenters. The Hall–Kier alpha value is -1.28. The van der Waals surface area contributed by atoms with Gasteiger partial charge < -0.3 is 14.3 Å². The van der Waals surface area contributed by atoms with Crippen molar-refractivity contribution >= 4 is 16.4 Å². The summed E-state index contributed by atoms with van der Waals surface area (Å²) in [5.74, 6) is 0. The van der Waals surface area contributed by atoms with Crippen molar-refractivity contribution in [3.8, 4) is 0 Å². The number of carbonyl (C=O) groups excluding carboxylic acids is 1. The van der Waals surface area contributed by atoms with E-state index in [1.54, 1.807) is 19.1 Å². The molecule has 1 heterocycles. The standard InChI is InChI=1S/C13H16O6S/c1-9-3-4-12(10(2)5-9)20(15,16)19-13-8-17-11(6-14)7-18-13/h3-6,11,13H,7-8H2,1-2H3/t11-,13-/m0/s1. The van der Waals surface area contributed by atoms with E-state index in [9.17, 15) is 13.2 Å². The molecule has 2 atom stereocenters. The van der Waals surface area contributed by atoms with Gasteiger partial charge in [-0.05, 0) is 25.5 Å². The van der Waals surface area contributed by atoms with Crippen LogP contribution in [0.1, 0.15) is 11.1 Å². The maximum Gasteiger partial charge on any atom is 0.299 e. The van der Waals surface area contributed by atoms with Crippen LogP contribution in [0.15, 0.2) is 23.1 Å². The lowest BCUT2D eigenvalue weighted by Gasteiger charge is -2.26. The highest BCUT2D eigenvalue weighted by Crippen LogP contribution is 2.21. The summed E-state index contributed by atoms with van der Waals surface area (Å²) in [5, 5.41) is 0. The number of carbonyl (C=O) groups is 1. The second kappa shape index (κ2) is 6.01. The van der Waals surface area contributed by atoms with Crippen molar-refractivity contribution in [2.75, 3.05) is 13.2 Å². The maximum atomic E-state index is 12.2. The van der Waals surface area contributed by atoms with E-state index in [1.807, 2.05) is 6.92 Å². The van der Waals surface area contributed by atoms with E-state index in [-0.39, 0.29) is 18.1 Å². The van der Waals surface area contributed by atoms with Crippen LogP contribution in [0.25, 0.3) is 0 Å². The van der Waals surface area contributed by atoms with Crippen LogP contribution in [0.3, 0.4) is 0 Å². The second-order valence-electron chi connectivity index (χ2n) is 4.59. The van der Waals surface area contributed by atoms with Crippen LogP contribution >= 0.6 is 0 Å². The first kappa shape index (κ1) is 15.1. The normalized spacial score (nSPS) is 23.5. The number of rotatable bonds is 4. The van der Waals surface area contributed by atoms with E-state index in [0.29, 0.717) is 11.8 Å². The van der Waals surface area contributed by atoms with Gasteiger partial charge in [0.1, 0.15) is 6.10 Å².